The summed E-state index contributed by atoms with van der Waals surface area (Å²) in [5.41, 5.74) is 0.235. The fourth-order valence-corrected chi connectivity index (χ4v) is 0.635. The summed E-state index contributed by atoms with van der Waals surface area (Å²) in [5.74, 6) is 0. The van der Waals surface area contributed by atoms with Gasteiger partial charge < -0.3 is 4.74 Å². The molecule has 0 aromatic carbocycles. The molecule has 0 rings (SSSR count). The van der Waals surface area contributed by atoms with Gasteiger partial charge in [-0.3, -0.25) is 0 Å². The molecule has 0 fully saturated rings. The summed E-state index contributed by atoms with van der Waals surface area (Å²) in [6.07, 6.45) is 4.11. The van der Waals surface area contributed by atoms with Crippen molar-refractivity contribution in [2.45, 2.75) is 27.7 Å². The molecule has 0 aliphatic rings. The second kappa shape index (κ2) is 4.50. The van der Waals surface area contributed by atoms with Crippen LogP contribution in [0.25, 0.3) is 0 Å². The smallest absolute Gasteiger partial charge is 0.157 e. The fourth-order valence-electron chi connectivity index (χ4n) is 0.567. The third-order valence-corrected chi connectivity index (χ3v) is 1.12. The van der Waals surface area contributed by atoms with Crippen molar-refractivity contribution in [2.75, 3.05) is 6.61 Å². The van der Waals surface area contributed by atoms with E-state index < -0.39 is 0 Å². The molecule has 0 atom stereocenters. The molecule has 0 aromatic heterocycles. The van der Waals surface area contributed by atoms with Crippen LogP contribution in [0, 0.1) is 5.41 Å². The van der Waals surface area contributed by atoms with E-state index in [9.17, 15) is 0 Å². The number of hydrogen-bond donors (Lipinski definition) is 0. The largest absolute Gasteiger partial charge is 0.483 e. The zero-order valence-corrected chi connectivity index (χ0v) is 8.49. The molecule has 2 heteroatoms. The molecule has 0 aromatic rings. The maximum Gasteiger partial charge on any atom is 0.157 e. The Balaban J connectivity index is 3.54. The van der Waals surface area contributed by atoms with Crippen molar-refractivity contribution in [1.82, 2.24) is 0 Å². The molecule has 0 heterocycles. The molecule has 0 bridgehead atoms. The molecule has 0 saturated heterocycles. The molecule has 0 N–H and O–H groups in total. The highest BCUT2D eigenvalue weighted by atomic mass is 32.1. The summed E-state index contributed by atoms with van der Waals surface area (Å²) >= 11 is 4.75. The lowest BCUT2D eigenvalue weighted by Crippen LogP contribution is -2.01. The third-order valence-electron chi connectivity index (χ3n) is 1.00. The number of ether oxygens (including phenoxy) is 1. The Bertz CT molecular complexity index is 153. The van der Waals surface area contributed by atoms with Gasteiger partial charge in [0.1, 0.15) is 6.61 Å². The van der Waals surface area contributed by atoms with Gasteiger partial charge in [-0.2, -0.15) is 0 Å². The molecule has 11 heavy (non-hydrogen) atoms. The minimum absolute atomic E-state index is 0.235. The van der Waals surface area contributed by atoms with Gasteiger partial charge in [-0.1, -0.05) is 32.9 Å². The molecule has 0 aliphatic heterocycles. The summed E-state index contributed by atoms with van der Waals surface area (Å²) in [5, 5.41) is 0.601. The highest BCUT2D eigenvalue weighted by Gasteiger charge is 2.02. The van der Waals surface area contributed by atoms with E-state index in [0.717, 1.165) is 0 Å². The second-order valence-electron chi connectivity index (χ2n) is 3.57. The molecular weight excluding hydrogens is 156 g/mol. The van der Waals surface area contributed by atoms with Crippen LogP contribution in [0.15, 0.2) is 12.2 Å². The van der Waals surface area contributed by atoms with Crippen molar-refractivity contribution >= 4 is 17.3 Å². The normalized spacial score (nSPS) is 12.0. The van der Waals surface area contributed by atoms with Crippen LogP contribution in [0.3, 0.4) is 0 Å². The maximum atomic E-state index is 5.08. The highest BCUT2D eigenvalue weighted by molar-refractivity contribution is 7.80. The van der Waals surface area contributed by atoms with Crippen molar-refractivity contribution in [3.8, 4) is 0 Å². The molecular formula is C9H16OS. The quantitative estimate of drug-likeness (QED) is 0.468. The van der Waals surface area contributed by atoms with Crippen molar-refractivity contribution in [3.05, 3.63) is 12.2 Å². The minimum Gasteiger partial charge on any atom is -0.483 e. The van der Waals surface area contributed by atoms with Crippen LogP contribution in [0.5, 0.6) is 0 Å². The van der Waals surface area contributed by atoms with E-state index in [0.29, 0.717) is 11.7 Å². The van der Waals surface area contributed by atoms with Gasteiger partial charge in [0, 0.05) is 6.92 Å². The Kier molecular flexibility index (Phi) is 4.34. The average molecular weight is 172 g/mol. The van der Waals surface area contributed by atoms with Crippen molar-refractivity contribution in [3.63, 3.8) is 0 Å². The van der Waals surface area contributed by atoms with E-state index in [4.69, 9.17) is 17.0 Å². The number of allylic oxidation sites excluding steroid dienone is 1. The minimum atomic E-state index is 0.235. The third kappa shape index (κ3) is 9.63. The zero-order chi connectivity index (χ0) is 8.91. The van der Waals surface area contributed by atoms with Crippen LogP contribution in [0.2, 0.25) is 0 Å². The van der Waals surface area contributed by atoms with Crippen LogP contribution in [0.4, 0.5) is 0 Å². The SMILES string of the molecule is CC(=S)OC/C=C/C(C)(C)C. The first kappa shape index (κ1) is 10.6. The molecule has 0 spiro atoms. The van der Waals surface area contributed by atoms with Crippen LogP contribution in [0.1, 0.15) is 27.7 Å². The standard InChI is InChI=1S/C9H16OS/c1-8(11)10-7-5-6-9(2,3)4/h5-6H,7H2,1-4H3/b6-5+. The first-order chi connectivity index (χ1) is 4.92. The summed E-state index contributed by atoms with van der Waals surface area (Å²) in [7, 11) is 0. The first-order valence-corrected chi connectivity index (χ1v) is 4.14. The van der Waals surface area contributed by atoms with E-state index in [2.05, 4.69) is 26.8 Å². The lowest BCUT2D eigenvalue weighted by Gasteiger charge is -2.10. The molecule has 0 unspecified atom stereocenters. The van der Waals surface area contributed by atoms with Gasteiger partial charge in [0.05, 0.1) is 0 Å². The van der Waals surface area contributed by atoms with E-state index >= 15 is 0 Å². The first-order valence-electron chi connectivity index (χ1n) is 3.73. The van der Waals surface area contributed by atoms with Gasteiger partial charge in [-0.05, 0) is 17.6 Å². The molecule has 0 aliphatic carbocycles. The van der Waals surface area contributed by atoms with Crippen molar-refractivity contribution in [1.29, 1.82) is 0 Å². The predicted molar refractivity (Wildman–Crippen MR) is 52.8 cm³/mol. The fraction of sp³-hybridized carbons (Fsp3) is 0.667. The maximum absolute atomic E-state index is 5.08. The number of thiocarbonyl (C=S) groups is 1. The Hall–Kier alpha value is -0.370. The molecule has 0 saturated carbocycles. The number of hydrogen-bond acceptors (Lipinski definition) is 2. The van der Waals surface area contributed by atoms with Crippen LogP contribution in [-0.4, -0.2) is 11.7 Å². The Morgan fingerprint density at radius 3 is 2.36 bits per heavy atom. The summed E-state index contributed by atoms with van der Waals surface area (Å²) in [6.45, 7) is 8.81. The highest BCUT2D eigenvalue weighted by Crippen LogP contribution is 2.13. The van der Waals surface area contributed by atoms with Gasteiger partial charge in [0.2, 0.25) is 0 Å². The zero-order valence-electron chi connectivity index (χ0n) is 7.68. The second-order valence-corrected chi connectivity index (χ2v) is 4.15. The predicted octanol–water partition coefficient (Wildman–Crippen LogP) is 2.95. The van der Waals surface area contributed by atoms with Gasteiger partial charge in [0.25, 0.3) is 0 Å². The molecule has 1 nitrogen and oxygen atoms in total. The van der Waals surface area contributed by atoms with Crippen molar-refractivity contribution in [2.24, 2.45) is 5.41 Å². The Labute approximate surface area is 74.4 Å². The van der Waals surface area contributed by atoms with E-state index in [-0.39, 0.29) is 5.41 Å². The Morgan fingerprint density at radius 2 is 2.00 bits per heavy atom. The molecule has 0 radical (unpaired) electrons. The van der Waals surface area contributed by atoms with E-state index in [1.807, 2.05) is 6.08 Å². The van der Waals surface area contributed by atoms with Gasteiger partial charge in [-0.25, -0.2) is 0 Å². The topological polar surface area (TPSA) is 9.23 Å². The van der Waals surface area contributed by atoms with Gasteiger partial charge in [-0.15, -0.1) is 0 Å². The summed E-state index contributed by atoms with van der Waals surface area (Å²) in [6, 6.07) is 0. The summed E-state index contributed by atoms with van der Waals surface area (Å²) in [4.78, 5) is 0. The monoisotopic (exact) mass is 172 g/mol. The van der Waals surface area contributed by atoms with Crippen molar-refractivity contribution < 1.29 is 4.74 Å². The molecule has 64 valence electrons. The van der Waals surface area contributed by atoms with Crippen LogP contribution < -0.4 is 0 Å². The van der Waals surface area contributed by atoms with Crippen LogP contribution in [-0.2, 0) is 4.74 Å². The average Bonchev–Trinajstić information content (AvgIpc) is 1.78. The number of rotatable bonds is 2. The van der Waals surface area contributed by atoms with E-state index in [1.165, 1.54) is 0 Å². The Morgan fingerprint density at radius 1 is 1.45 bits per heavy atom. The van der Waals surface area contributed by atoms with Crippen LogP contribution >= 0.6 is 12.2 Å². The van der Waals surface area contributed by atoms with E-state index in [1.54, 1.807) is 6.92 Å². The molecule has 0 amide bonds. The lowest BCUT2D eigenvalue weighted by molar-refractivity contribution is 0.355. The van der Waals surface area contributed by atoms with Gasteiger partial charge in [0.15, 0.2) is 5.05 Å². The lowest BCUT2D eigenvalue weighted by atomic mass is 9.96. The van der Waals surface area contributed by atoms with Gasteiger partial charge >= 0.3 is 0 Å². The summed E-state index contributed by atoms with van der Waals surface area (Å²) < 4.78 is 5.08.